The Labute approximate surface area is 213 Å². The van der Waals surface area contributed by atoms with Crippen LogP contribution in [0.5, 0.6) is 0 Å². The second-order valence-electron chi connectivity index (χ2n) is 7.26. The standard InChI is InChI=1S/C23H21N5O4S2.ClH/c29-22(30)14-26-21-5-1-3-19(27-21)16-28(34(31,32)20-4-2-10-24-13-20)15-17-6-8-18(9-7-17)23-25-11-12-33-23;/h1-13H,14-16H2,(H,26,27)(H,29,30);1H. The molecule has 3 aromatic heterocycles. The van der Waals surface area contributed by atoms with Crippen LogP contribution in [0.25, 0.3) is 10.6 Å². The molecule has 0 fully saturated rings. The Balaban J connectivity index is 0.00000342. The van der Waals surface area contributed by atoms with Crippen LogP contribution in [0.2, 0.25) is 0 Å². The monoisotopic (exact) mass is 531 g/mol. The molecule has 0 bridgehead atoms. The van der Waals surface area contributed by atoms with Crippen molar-refractivity contribution in [1.82, 2.24) is 19.3 Å². The third-order valence-electron chi connectivity index (χ3n) is 4.83. The molecule has 0 aliphatic heterocycles. The number of nitrogens with zero attached hydrogens (tertiary/aromatic N) is 4. The lowest BCUT2D eigenvalue weighted by Gasteiger charge is -2.22. The number of carbonyl (C=O) groups is 1. The quantitative estimate of drug-likeness (QED) is 0.315. The number of benzene rings is 1. The first-order valence-corrected chi connectivity index (χ1v) is 12.5. The van der Waals surface area contributed by atoms with E-state index in [-0.39, 0.29) is 36.9 Å². The molecule has 0 saturated carbocycles. The average molecular weight is 532 g/mol. The molecular formula is C23H22ClN5O4S2. The summed E-state index contributed by atoms with van der Waals surface area (Å²) in [5.74, 6) is -0.666. The summed E-state index contributed by atoms with van der Waals surface area (Å²) >= 11 is 1.53. The largest absolute Gasteiger partial charge is 0.480 e. The fourth-order valence-corrected chi connectivity index (χ4v) is 5.22. The highest BCUT2D eigenvalue weighted by Crippen LogP contribution is 2.24. The van der Waals surface area contributed by atoms with Gasteiger partial charge in [0, 0.05) is 36.1 Å². The third-order valence-corrected chi connectivity index (χ3v) is 7.43. The fourth-order valence-electron chi connectivity index (χ4n) is 3.21. The van der Waals surface area contributed by atoms with E-state index in [2.05, 4.69) is 20.3 Å². The molecule has 2 N–H and O–H groups in total. The van der Waals surface area contributed by atoms with Crippen molar-refractivity contribution in [1.29, 1.82) is 0 Å². The van der Waals surface area contributed by atoms with E-state index in [9.17, 15) is 13.2 Å². The molecule has 0 saturated heterocycles. The van der Waals surface area contributed by atoms with Gasteiger partial charge in [0.25, 0.3) is 0 Å². The Hall–Kier alpha value is -3.38. The van der Waals surface area contributed by atoms with Crippen LogP contribution in [-0.4, -0.2) is 45.3 Å². The minimum atomic E-state index is -3.88. The molecule has 35 heavy (non-hydrogen) atoms. The van der Waals surface area contributed by atoms with Gasteiger partial charge in [-0.1, -0.05) is 30.3 Å². The van der Waals surface area contributed by atoms with Crippen LogP contribution in [0.4, 0.5) is 5.82 Å². The maximum Gasteiger partial charge on any atom is 0.322 e. The smallest absolute Gasteiger partial charge is 0.322 e. The predicted octanol–water partition coefficient (Wildman–Crippen LogP) is 3.91. The van der Waals surface area contributed by atoms with E-state index in [1.165, 1.54) is 34.1 Å². The Kier molecular flexibility index (Phi) is 8.88. The van der Waals surface area contributed by atoms with Crippen molar-refractivity contribution in [2.24, 2.45) is 0 Å². The van der Waals surface area contributed by atoms with Crippen molar-refractivity contribution in [2.75, 3.05) is 11.9 Å². The zero-order valence-electron chi connectivity index (χ0n) is 18.3. The number of sulfonamides is 1. The van der Waals surface area contributed by atoms with Crippen molar-refractivity contribution in [3.8, 4) is 10.6 Å². The molecule has 12 heteroatoms. The summed E-state index contributed by atoms with van der Waals surface area (Å²) in [6, 6.07) is 15.7. The molecule has 4 rings (SSSR count). The number of aromatic nitrogens is 3. The van der Waals surface area contributed by atoms with Gasteiger partial charge in [-0.3, -0.25) is 9.78 Å². The van der Waals surface area contributed by atoms with Gasteiger partial charge in [0.2, 0.25) is 10.0 Å². The highest BCUT2D eigenvalue weighted by molar-refractivity contribution is 7.89. The topological polar surface area (TPSA) is 125 Å². The van der Waals surface area contributed by atoms with Gasteiger partial charge in [-0.05, 0) is 29.8 Å². The predicted molar refractivity (Wildman–Crippen MR) is 136 cm³/mol. The first-order valence-electron chi connectivity index (χ1n) is 10.2. The number of hydrogen-bond acceptors (Lipinski definition) is 8. The van der Waals surface area contributed by atoms with E-state index < -0.39 is 16.0 Å². The number of halogens is 1. The summed E-state index contributed by atoms with van der Waals surface area (Å²) in [6.07, 6.45) is 4.56. The summed E-state index contributed by atoms with van der Waals surface area (Å²) in [4.78, 5) is 23.5. The van der Waals surface area contributed by atoms with E-state index in [1.54, 1.807) is 30.5 Å². The number of rotatable bonds is 10. The van der Waals surface area contributed by atoms with Crippen LogP contribution < -0.4 is 5.32 Å². The van der Waals surface area contributed by atoms with Crippen LogP contribution in [0.3, 0.4) is 0 Å². The maximum atomic E-state index is 13.5. The number of carboxylic acid groups (broad SMARTS) is 1. The normalized spacial score (nSPS) is 11.1. The Bertz CT molecular complexity index is 1350. The number of pyridine rings is 2. The van der Waals surface area contributed by atoms with Crippen LogP contribution in [0, 0.1) is 0 Å². The van der Waals surface area contributed by atoms with Crippen molar-refractivity contribution in [3.05, 3.63) is 89.8 Å². The van der Waals surface area contributed by atoms with Gasteiger partial charge in [0.15, 0.2) is 0 Å². The zero-order valence-corrected chi connectivity index (χ0v) is 20.8. The minimum absolute atomic E-state index is 0. The van der Waals surface area contributed by atoms with Crippen LogP contribution in [0.15, 0.2) is 83.5 Å². The number of thiazole rings is 1. The van der Waals surface area contributed by atoms with Gasteiger partial charge < -0.3 is 10.4 Å². The summed E-state index contributed by atoms with van der Waals surface area (Å²) in [6.45, 7) is -0.183. The van der Waals surface area contributed by atoms with Crippen LogP contribution >= 0.6 is 23.7 Å². The highest BCUT2D eigenvalue weighted by atomic mass is 35.5. The molecule has 1 aromatic carbocycles. The first-order chi connectivity index (χ1) is 16.4. The van der Waals surface area contributed by atoms with Gasteiger partial charge in [-0.2, -0.15) is 4.31 Å². The summed E-state index contributed by atoms with van der Waals surface area (Å²) in [5, 5.41) is 14.4. The van der Waals surface area contributed by atoms with E-state index in [1.807, 2.05) is 29.6 Å². The number of hydrogen-bond donors (Lipinski definition) is 2. The summed E-state index contributed by atoms with van der Waals surface area (Å²) in [5.41, 5.74) is 2.23. The van der Waals surface area contributed by atoms with Gasteiger partial charge in [-0.25, -0.2) is 18.4 Å². The maximum absolute atomic E-state index is 13.5. The molecule has 182 valence electrons. The molecule has 0 spiro atoms. The molecule has 0 radical (unpaired) electrons. The van der Waals surface area contributed by atoms with Gasteiger partial charge in [0.1, 0.15) is 22.3 Å². The number of anilines is 1. The minimum Gasteiger partial charge on any atom is -0.480 e. The van der Waals surface area contributed by atoms with E-state index in [0.717, 1.165) is 16.1 Å². The molecule has 0 amide bonds. The lowest BCUT2D eigenvalue weighted by Crippen LogP contribution is -2.30. The number of aliphatic carboxylic acids is 1. The van der Waals surface area contributed by atoms with Crippen LogP contribution in [0.1, 0.15) is 11.3 Å². The zero-order chi connectivity index (χ0) is 24.0. The second kappa shape index (κ2) is 11.8. The van der Waals surface area contributed by atoms with E-state index in [4.69, 9.17) is 5.11 Å². The number of carboxylic acids is 1. The van der Waals surface area contributed by atoms with Crippen molar-refractivity contribution >= 4 is 45.6 Å². The van der Waals surface area contributed by atoms with E-state index in [0.29, 0.717) is 11.5 Å². The van der Waals surface area contributed by atoms with Gasteiger partial charge in [0.05, 0.1) is 12.2 Å². The lowest BCUT2D eigenvalue weighted by atomic mass is 10.1. The van der Waals surface area contributed by atoms with Crippen molar-refractivity contribution in [2.45, 2.75) is 18.0 Å². The Morgan fingerprint density at radius 2 is 1.83 bits per heavy atom. The van der Waals surface area contributed by atoms with Crippen molar-refractivity contribution in [3.63, 3.8) is 0 Å². The van der Waals surface area contributed by atoms with E-state index >= 15 is 0 Å². The number of nitrogens with one attached hydrogen (secondary N) is 1. The molecule has 0 aliphatic rings. The molecular weight excluding hydrogens is 510 g/mol. The molecule has 3 heterocycles. The Morgan fingerprint density at radius 1 is 1.03 bits per heavy atom. The summed E-state index contributed by atoms with van der Waals surface area (Å²) < 4.78 is 28.2. The lowest BCUT2D eigenvalue weighted by molar-refractivity contribution is -0.134. The van der Waals surface area contributed by atoms with Gasteiger partial charge in [-0.15, -0.1) is 23.7 Å². The Morgan fingerprint density at radius 3 is 2.49 bits per heavy atom. The molecule has 4 aromatic rings. The first kappa shape index (κ1) is 26.2. The van der Waals surface area contributed by atoms with Crippen molar-refractivity contribution < 1.29 is 18.3 Å². The summed E-state index contributed by atoms with van der Waals surface area (Å²) in [7, 11) is -3.88. The highest BCUT2D eigenvalue weighted by Gasteiger charge is 2.26. The fraction of sp³-hybridized carbons (Fsp3) is 0.130. The third kappa shape index (κ3) is 6.83. The van der Waals surface area contributed by atoms with Gasteiger partial charge >= 0.3 is 5.97 Å². The SMILES string of the molecule is Cl.O=C(O)CNc1cccc(CN(Cc2ccc(-c3nccs3)cc2)S(=O)(=O)c2cccnc2)n1. The molecule has 0 unspecified atom stereocenters. The average Bonchev–Trinajstić information content (AvgIpc) is 3.39. The molecule has 0 aliphatic carbocycles. The second-order valence-corrected chi connectivity index (χ2v) is 10.1. The van der Waals surface area contributed by atoms with Crippen LogP contribution in [-0.2, 0) is 27.9 Å². The molecule has 9 nitrogen and oxygen atoms in total. The molecule has 0 atom stereocenters.